The number of methoxy groups -OCH3 is 1. The zero-order chi connectivity index (χ0) is 22.9. The predicted octanol–water partition coefficient (Wildman–Crippen LogP) is 3.18. The number of aromatic nitrogens is 1. The van der Waals surface area contributed by atoms with Gasteiger partial charge in [-0.2, -0.15) is 0 Å². The monoisotopic (exact) mass is 428 g/mol. The fourth-order valence-electron chi connectivity index (χ4n) is 1.86. The topological polar surface area (TPSA) is 121 Å². The molecule has 0 saturated carbocycles. The Morgan fingerprint density at radius 2 is 1.80 bits per heavy atom. The van der Waals surface area contributed by atoms with E-state index >= 15 is 0 Å². The molecule has 0 saturated heterocycles. The van der Waals surface area contributed by atoms with Crippen molar-refractivity contribution in [1.29, 1.82) is 0 Å². The number of alkyl halides is 2. The number of primary amides is 1. The van der Waals surface area contributed by atoms with E-state index in [4.69, 9.17) is 19.9 Å². The molecule has 1 amide bonds. The van der Waals surface area contributed by atoms with Gasteiger partial charge < -0.3 is 25.1 Å². The van der Waals surface area contributed by atoms with Crippen molar-refractivity contribution < 1.29 is 37.7 Å². The molecule has 1 unspecified atom stereocenters. The zero-order valence-electron chi connectivity index (χ0n) is 17.0. The Hall–Kier alpha value is -3.43. The van der Waals surface area contributed by atoms with Gasteiger partial charge in [0.1, 0.15) is 18.5 Å². The standard InChI is InChI=1S/C12H16O3.C7H8N2O3.CH2F2/c1-3-12(13)14-9-10(2)15-11-7-5-4-6-8-11;1-12-4-2-3-9-5(6(4)10)7(8)11;2-1-3/h4-8,10H,3,9H2,1-2H3;2-3,10H,1H3,(H2,8,11);1H2. The third-order valence-corrected chi connectivity index (χ3v) is 3.19. The van der Waals surface area contributed by atoms with Crippen molar-refractivity contribution in [2.75, 3.05) is 20.6 Å². The number of hydrogen-bond acceptors (Lipinski definition) is 7. The summed E-state index contributed by atoms with van der Waals surface area (Å²) >= 11 is 0. The van der Waals surface area contributed by atoms with Gasteiger partial charge in [-0.3, -0.25) is 9.59 Å². The first kappa shape index (κ1) is 26.6. The molecule has 3 N–H and O–H groups in total. The average molecular weight is 428 g/mol. The van der Waals surface area contributed by atoms with Crippen molar-refractivity contribution in [1.82, 2.24) is 4.98 Å². The first-order valence-corrected chi connectivity index (χ1v) is 8.81. The van der Waals surface area contributed by atoms with Crippen molar-refractivity contribution in [3.05, 3.63) is 48.3 Å². The van der Waals surface area contributed by atoms with Crippen LogP contribution in [0.2, 0.25) is 0 Å². The number of rotatable bonds is 7. The molecule has 2 rings (SSSR count). The molecule has 0 bridgehead atoms. The number of carbonyl (C=O) groups excluding carboxylic acids is 2. The summed E-state index contributed by atoms with van der Waals surface area (Å²) in [5.41, 5.74) is 4.74. The van der Waals surface area contributed by atoms with E-state index in [2.05, 4.69) is 4.98 Å². The number of pyridine rings is 1. The van der Waals surface area contributed by atoms with Gasteiger partial charge in [0.15, 0.2) is 17.2 Å². The van der Waals surface area contributed by atoms with E-state index in [-0.39, 0.29) is 29.3 Å². The molecule has 30 heavy (non-hydrogen) atoms. The lowest BCUT2D eigenvalue weighted by atomic mass is 10.3. The summed E-state index contributed by atoms with van der Waals surface area (Å²) in [6.45, 7) is 2.18. The Morgan fingerprint density at radius 1 is 1.20 bits per heavy atom. The lowest BCUT2D eigenvalue weighted by Crippen LogP contribution is -2.21. The first-order chi connectivity index (χ1) is 14.3. The summed E-state index contributed by atoms with van der Waals surface area (Å²) in [6.07, 6.45) is 1.61. The van der Waals surface area contributed by atoms with Gasteiger partial charge in [0.25, 0.3) is 5.91 Å². The van der Waals surface area contributed by atoms with Crippen LogP contribution in [0.4, 0.5) is 8.78 Å². The maximum absolute atomic E-state index is 10.9. The number of para-hydroxylation sites is 1. The maximum atomic E-state index is 10.9. The van der Waals surface area contributed by atoms with Crippen LogP contribution in [0.1, 0.15) is 30.8 Å². The number of carbonyl (C=O) groups is 2. The number of aromatic hydroxyl groups is 1. The number of ether oxygens (including phenoxy) is 3. The van der Waals surface area contributed by atoms with Crippen LogP contribution in [-0.4, -0.2) is 48.7 Å². The van der Waals surface area contributed by atoms with E-state index < -0.39 is 12.8 Å². The predicted molar refractivity (Wildman–Crippen MR) is 106 cm³/mol. The molecule has 1 heterocycles. The highest BCUT2D eigenvalue weighted by Crippen LogP contribution is 2.26. The van der Waals surface area contributed by atoms with Crippen LogP contribution in [0.5, 0.6) is 17.2 Å². The van der Waals surface area contributed by atoms with Gasteiger partial charge in [-0.15, -0.1) is 0 Å². The maximum Gasteiger partial charge on any atom is 0.305 e. The third kappa shape index (κ3) is 10.8. The lowest BCUT2D eigenvalue weighted by Gasteiger charge is -2.14. The molecule has 166 valence electrons. The van der Waals surface area contributed by atoms with Crippen LogP contribution >= 0.6 is 0 Å². The number of hydrogen-bond donors (Lipinski definition) is 2. The number of nitrogens with zero attached hydrogens (tertiary/aromatic N) is 1. The second-order valence-corrected chi connectivity index (χ2v) is 5.45. The minimum Gasteiger partial charge on any atom is -0.503 e. The zero-order valence-corrected chi connectivity index (χ0v) is 17.0. The Kier molecular flexibility index (Phi) is 13.7. The van der Waals surface area contributed by atoms with E-state index in [9.17, 15) is 23.5 Å². The highest BCUT2D eigenvalue weighted by atomic mass is 19.3. The molecular formula is C20H26F2N2O6. The molecule has 2 aromatic rings. The van der Waals surface area contributed by atoms with Crippen molar-refractivity contribution in [3.63, 3.8) is 0 Å². The fraction of sp³-hybridized carbons (Fsp3) is 0.350. The van der Waals surface area contributed by atoms with Crippen molar-refractivity contribution >= 4 is 11.9 Å². The van der Waals surface area contributed by atoms with Crippen LogP contribution < -0.4 is 15.2 Å². The van der Waals surface area contributed by atoms with Gasteiger partial charge in [-0.1, -0.05) is 25.1 Å². The van der Waals surface area contributed by atoms with E-state index in [1.54, 1.807) is 6.92 Å². The molecule has 0 aliphatic heterocycles. The van der Waals surface area contributed by atoms with Crippen molar-refractivity contribution in [2.45, 2.75) is 26.4 Å². The summed E-state index contributed by atoms with van der Waals surface area (Å²) in [6, 6.07) is 10.9. The number of amides is 1. The second-order valence-electron chi connectivity index (χ2n) is 5.45. The SMILES string of the molecule is CCC(=O)OCC(C)Oc1ccccc1.COc1ccnc(C(N)=O)c1O.FCF. The van der Waals surface area contributed by atoms with E-state index in [1.165, 1.54) is 19.4 Å². The molecule has 0 radical (unpaired) electrons. The molecule has 1 aromatic heterocycles. The highest BCUT2D eigenvalue weighted by Gasteiger charge is 2.12. The molecule has 1 aromatic carbocycles. The molecule has 0 aliphatic carbocycles. The highest BCUT2D eigenvalue weighted by molar-refractivity contribution is 5.94. The van der Waals surface area contributed by atoms with Gasteiger partial charge in [-0.25, -0.2) is 13.8 Å². The molecule has 10 heteroatoms. The van der Waals surface area contributed by atoms with Gasteiger partial charge in [0.2, 0.25) is 6.93 Å². The minimum atomic E-state index is -1.75. The second kappa shape index (κ2) is 15.5. The minimum absolute atomic E-state index is 0.122. The number of nitrogens with two attached hydrogens (primary N) is 1. The third-order valence-electron chi connectivity index (χ3n) is 3.19. The Balaban J connectivity index is 0.000000505. The fourth-order valence-corrected chi connectivity index (χ4v) is 1.86. The number of halogens is 2. The Morgan fingerprint density at radius 3 is 2.30 bits per heavy atom. The lowest BCUT2D eigenvalue weighted by molar-refractivity contribution is -0.145. The summed E-state index contributed by atoms with van der Waals surface area (Å²) < 4.78 is 34.5. The van der Waals surface area contributed by atoms with E-state index in [1.807, 2.05) is 37.3 Å². The van der Waals surface area contributed by atoms with Crippen LogP contribution in [0, 0.1) is 0 Å². The summed E-state index contributed by atoms with van der Waals surface area (Å²) in [5.74, 6) is -0.339. The largest absolute Gasteiger partial charge is 0.503 e. The number of benzene rings is 1. The molecular weight excluding hydrogens is 402 g/mol. The van der Waals surface area contributed by atoms with Crippen LogP contribution in [-0.2, 0) is 9.53 Å². The number of esters is 1. The molecule has 0 aliphatic rings. The van der Waals surface area contributed by atoms with Gasteiger partial charge in [0, 0.05) is 18.7 Å². The van der Waals surface area contributed by atoms with Gasteiger partial charge in [-0.05, 0) is 19.1 Å². The molecule has 8 nitrogen and oxygen atoms in total. The summed E-state index contributed by atoms with van der Waals surface area (Å²) in [5, 5.41) is 9.27. The Labute approximate surface area is 173 Å². The summed E-state index contributed by atoms with van der Waals surface area (Å²) in [7, 11) is 1.37. The van der Waals surface area contributed by atoms with Crippen molar-refractivity contribution in [2.24, 2.45) is 5.73 Å². The summed E-state index contributed by atoms with van der Waals surface area (Å²) in [4.78, 5) is 25.1. The van der Waals surface area contributed by atoms with Gasteiger partial charge >= 0.3 is 5.97 Å². The molecule has 0 fully saturated rings. The van der Waals surface area contributed by atoms with Crippen LogP contribution in [0.15, 0.2) is 42.6 Å². The van der Waals surface area contributed by atoms with Crippen molar-refractivity contribution in [3.8, 4) is 17.2 Å². The average Bonchev–Trinajstić information content (AvgIpc) is 2.73. The van der Waals surface area contributed by atoms with Gasteiger partial charge in [0.05, 0.1) is 7.11 Å². The first-order valence-electron chi connectivity index (χ1n) is 8.81. The Bertz CT molecular complexity index is 762. The molecule has 0 spiro atoms. The van der Waals surface area contributed by atoms with E-state index in [0.717, 1.165) is 5.75 Å². The molecule has 1 atom stereocenters. The smallest absolute Gasteiger partial charge is 0.305 e. The van der Waals surface area contributed by atoms with Crippen LogP contribution in [0.25, 0.3) is 0 Å². The van der Waals surface area contributed by atoms with Crippen LogP contribution in [0.3, 0.4) is 0 Å². The normalized spacial score (nSPS) is 10.3. The quantitative estimate of drug-likeness (QED) is 0.650. The van der Waals surface area contributed by atoms with E-state index in [0.29, 0.717) is 13.0 Å².